The second kappa shape index (κ2) is 6.67. The highest BCUT2D eigenvalue weighted by atomic mass is 15.3. The first-order chi connectivity index (χ1) is 7.22. The number of nitrogens with one attached hydrogen (secondary N) is 2. The van der Waals surface area contributed by atoms with Crippen LogP contribution < -0.4 is 16.6 Å². The van der Waals surface area contributed by atoms with Crippen molar-refractivity contribution in [3.8, 4) is 0 Å². The zero-order chi connectivity index (χ0) is 11.1. The first-order valence-electron chi connectivity index (χ1n) is 6.00. The molecule has 0 aliphatic heterocycles. The van der Waals surface area contributed by atoms with Crippen LogP contribution in [-0.2, 0) is 0 Å². The van der Waals surface area contributed by atoms with Crippen molar-refractivity contribution in [2.75, 3.05) is 6.54 Å². The number of guanidine groups is 1. The molecular formula is C11H24N4. The average molecular weight is 212 g/mol. The van der Waals surface area contributed by atoms with Crippen LogP contribution in [0.3, 0.4) is 0 Å². The van der Waals surface area contributed by atoms with E-state index in [1.807, 2.05) is 0 Å². The van der Waals surface area contributed by atoms with Gasteiger partial charge in [-0.05, 0) is 26.2 Å². The number of aliphatic imine (C=N–C) groups is 1. The fraction of sp³-hybridized carbons (Fsp3) is 0.909. The maximum absolute atomic E-state index is 5.37. The lowest BCUT2D eigenvalue weighted by atomic mass is 10.0. The standard InChI is InChI=1S/C11H24N4/c1-9(2)14-11(15-12)13-8-7-10-5-3-4-6-10/h9-10H,3-8,12H2,1-2H3,(H2,13,14,15). The topological polar surface area (TPSA) is 62.4 Å². The van der Waals surface area contributed by atoms with E-state index >= 15 is 0 Å². The Morgan fingerprint density at radius 3 is 2.60 bits per heavy atom. The van der Waals surface area contributed by atoms with Gasteiger partial charge in [0, 0.05) is 12.6 Å². The van der Waals surface area contributed by atoms with Crippen molar-refractivity contribution < 1.29 is 0 Å². The molecule has 88 valence electrons. The molecule has 1 saturated carbocycles. The molecule has 4 N–H and O–H groups in total. The van der Waals surface area contributed by atoms with Gasteiger partial charge in [0.2, 0.25) is 5.96 Å². The molecule has 1 fully saturated rings. The van der Waals surface area contributed by atoms with E-state index in [9.17, 15) is 0 Å². The molecule has 15 heavy (non-hydrogen) atoms. The van der Waals surface area contributed by atoms with E-state index in [1.54, 1.807) is 0 Å². The predicted molar refractivity (Wildman–Crippen MR) is 64.5 cm³/mol. The van der Waals surface area contributed by atoms with E-state index in [4.69, 9.17) is 5.84 Å². The van der Waals surface area contributed by atoms with Crippen molar-refractivity contribution in [3.05, 3.63) is 0 Å². The van der Waals surface area contributed by atoms with Crippen LogP contribution in [0.25, 0.3) is 0 Å². The molecule has 0 spiro atoms. The van der Waals surface area contributed by atoms with Gasteiger partial charge in [-0.1, -0.05) is 25.7 Å². The van der Waals surface area contributed by atoms with E-state index < -0.39 is 0 Å². The summed E-state index contributed by atoms with van der Waals surface area (Å²) >= 11 is 0. The molecule has 0 amide bonds. The van der Waals surface area contributed by atoms with Gasteiger partial charge in [0.25, 0.3) is 0 Å². The summed E-state index contributed by atoms with van der Waals surface area (Å²) in [4.78, 5) is 4.42. The molecule has 0 aromatic rings. The minimum Gasteiger partial charge on any atom is -0.353 e. The van der Waals surface area contributed by atoms with Gasteiger partial charge >= 0.3 is 0 Å². The third kappa shape index (κ3) is 5.02. The molecule has 1 aliphatic rings. The Morgan fingerprint density at radius 1 is 1.40 bits per heavy atom. The molecule has 0 saturated heterocycles. The molecular weight excluding hydrogens is 188 g/mol. The predicted octanol–water partition coefficient (Wildman–Crippen LogP) is 1.38. The zero-order valence-electron chi connectivity index (χ0n) is 9.92. The Kier molecular flexibility index (Phi) is 5.47. The van der Waals surface area contributed by atoms with Crippen LogP contribution >= 0.6 is 0 Å². The van der Waals surface area contributed by atoms with E-state index in [2.05, 4.69) is 29.6 Å². The normalized spacial score (nSPS) is 18.5. The highest BCUT2D eigenvalue weighted by molar-refractivity contribution is 5.79. The molecule has 1 aliphatic carbocycles. The van der Waals surface area contributed by atoms with Gasteiger partial charge in [0.1, 0.15) is 0 Å². The Hall–Kier alpha value is -0.770. The molecule has 0 bridgehead atoms. The summed E-state index contributed by atoms with van der Waals surface area (Å²) in [6.45, 7) is 5.03. The number of hydrogen-bond acceptors (Lipinski definition) is 2. The molecule has 4 heteroatoms. The van der Waals surface area contributed by atoms with Crippen molar-refractivity contribution in [1.82, 2.24) is 10.7 Å². The Balaban J connectivity index is 2.20. The van der Waals surface area contributed by atoms with Gasteiger partial charge in [0.15, 0.2) is 0 Å². The van der Waals surface area contributed by atoms with Crippen LogP contribution in [0, 0.1) is 5.92 Å². The number of nitrogens with two attached hydrogens (primary N) is 1. The fourth-order valence-corrected chi connectivity index (χ4v) is 2.06. The van der Waals surface area contributed by atoms with Crippen LogP contribution in [0.15, 0.2) is 4.99 Å². The smallest absolute Gasteiger partial charge is 0.205 e. The summed E-state index contributed by atoms with van der Waals surface area (Å²) in [5.74, 6) is 6.98. The number of hydrazine groups is 1. The van der Waals surface area contributed by atoms with Crippen molar-refractivity contribution >= 4 is 5.96 Å². The average Bonchev–Trinajstić information content (AvgIpc) is 2.68. The first kappa shape index (κ1) is 12.3. The summed E-state index contributed by atoms with van der Waals surface area (Å²) in [5, 5.41) is 3.17. The molecule has 4 nitrogen and oxygen atoms in total. The molecule has 0 unspecified atom stereocenters. The summed E-state index contributed by atoms with van der Waals surface area (Å²) < 4.78 is 0. The third-order valence-electron chi connectivity index (χ3n) is 2.84. The molecule has 0 radical (unpaired) electrons. The van der Waals surface area contributed by atoms with Gasteiger partial charge < -0.3 is 5.32 Å². The second-order valence-corrected chi connectivity index (χ2v) is 4.61. The lowest BCUT2D eigenvalue weighted by Gasteiger charge is -2.12. The van der Waals surface area contributed by atoms with Crippen LogP contribution in [0.1, 0.15) is 46.0 Å². The maximum Gasteiger partial charge on any atom is 0.205 e. The molecule has 0 aromatic heterocycles. The van der Waals surface area contributed by atoms with Crippen LogP contribution in [-0.4, -0.2) is 18.5 Å². The second-order valence-electron chi connectivity index (χ2n) is 4.61. The molecule has 0 heterocycles. The van der Waals surface area contributed by atoms with Crippen molar-refractivity contribution in [2.45, 2.75) is 52.0 Å². The number of nitrogens with zero attached hydrogens (tertiary/aromatic N) is 1. The monoisotopic (exact) mass is 212 g/mol. The molecule has 0 aromatic carbocycles. The van der Waals surface area contributed by atoms with E-state index in [0.29, 0.717) is 12.0 Å². The Labute approximate surface area is 92.7 Å². The number of rotatable bonds is 4. The van der Waals surface area contributed by atoms with Gasteiger partial charge in [0.05, 0.1) is 0 Å². The summed E-state index contributed by atoms with van der Waals surface area (Å²) in [7, 11) is 0. The lowest BCUT2D eigenvalue weighted by molar-refractivity contribution is 0.510. The first-order valence-corrected chi connectivity index (χ1v) is 6.00. The van der Waals surface area contributed by atoms with Crippen molar-refractivity contribution in [1.29, 1.82) is 0 Å². The van der Waals surface area contributed by atoms with Gasteiger partial charge in [-0.25, -0.2) is 5.84 Å². The SMILES string of the molecule is CC(C)NC(=NCCC1CCCC1)NN. The van der Waals surface area contributed by atoms with Crippen LogP contribution in [0.5, 0.6) is 0 Å². The quantitative estimate of drug-likeness (QED) is 0.285. The largest absolute Gasteiger partial charge is 0.353 e. The van der Waals surface area contributed by atoms with Crippen LogP contribution in [0.4, 0.5) is 0 Å². The fourth-order valence-electron chi connectivity index (χ4n) is 2.06. The Morgan fingerprint density at radius 2 is 2.07 bits per heavy atom. The highest BCUT2D eigenvalue weighted by Crippen LogP contribution is 2.27. The molecule has 1 rings (SSSR count). The van der Waals surface area contributed by atoms with Gasteiger partial charge in [-0.2, -0.15) is 0 Å². The lowest BCUT2D eigenvalue weighted by Crippen LogP contribution is -2.44. The number of hydrogen-bond donors (Lipinski definition) is 3. The van der Waals surface area contributed by atoms with E-state index in [0.717, 1.165) is 12.5 Å². The van der Waals surface area contributed by atoms with E-state index in [-0.39, 0.29) is 0 Å². The Bertz CT molecular complexity index is 195. The summed E-state index contributed by atoms with van der Waals surface area (Å²) in [6, 6.07) is 0.367. The van der Waals surface area contributed by atoms with E-state index in [1.165, 1.54) is 32.1 Å². The molecule has 0 atom stereocenters. The van der Waals surface area contributed by atoms with Crippen LogP contribution in [0.2, 0.25) is 0 Å². The minimum atomic E-state index is 0.367. The van der Waals surface area contributed by atoms with Crippen molar-refractivity contribution in [2.24, 2.45) is 16.8 Å². The van der Waals surface area contributed by atoms with Crippen molar-refractivity contribution in [3.63, 3.8) is 0 Å². The highest BCUT2D eigenvalue weighted by Gasteiger charge is 2.13. The summed E-state index contributed by atoms with van der Waals surface area (Å²) in [5.41, 5.74) is 2.60. The minimum absolute atomic E-state index is 0.367. The van der Waals surface area contributed by atoms with Gasteiger partial charge in [-0.15, -0.1) is 0 Å². The van der Waals surface area contributed by atoms with Gasteiger partial charge in [-0.3, -0.25) is 10.4 Å². The zero-order valence-corrected chi connectivity index (χ0v) is 9.92. The summed E-state index contributed by atoms with van der Waals surface area (Å²) in [6.07, 6.45) is 6.78. The third-order valence-corrected chi connectivity index (χ3v) is 2.84. The maximum atomic E-state index is 5.37.